The van der Waals surface area contributed by atoms with Gasteiger partial charge in [-0.1, -0.05) is 6.07 Å². The topological polar surface area (TPSA) is 49.1 Å². The van der Waals surface area contributed by atoms with Gasteiger partial charge in [-0.05, 0) is 31.9 Å². The molecule has 0 saturated carbocycles. The largest absolute Gasteiger partial charge is 0.377 e. The summed E-state index contributed by atoms with van der Waals surface area (Å²) in [6.45, 7) is 3.92. The number of ether oxygens (including phenoxy) is 1. The predicted octanol–water partition coefficient (Wildman–Crippen LogP) is 1.96. The molecule has 0 radical (unpaired) electrons. The van der Waals surface area contributed by atoms with Gasteiger partial charge < -0.3 is 9.64 Å². The molecule has 4 nitrogen and oxygen atoms in total. The summed E-state index contributed by atoms with van der Waals surface area (Å²) in [4.78, 5) is 6.51. The number of nitriles is 1. The first-order valence-corrected chi connectivity index (χ1v) is 5.84. The van der Waals surface area contributed by atoms with Crippen molar-refractivity contribution >= 4 is 5.82 Å². The van der Waals surface area contributed by atoms with Crippen LogP contribution in [-0.2, 0) is 4.74 Å². The fraction of sp³-hybridized carbons (Fsp3) is 0.538. The average molecular weight is 231 g/mol. The van der Waals surface area contributed by atoms with Crippen molar-refractivity contribution < 1.29 is 4.74 Å². The molecule has 1 atom stereocenters. The lowest BCUT2D eigenvalue weighted by Crippen LogP contribution is -2.47. The van der Waals surface area contributed by atoms with Crippen LogP contribution in [0.3, 0.4) is 0 Å². The molecule has 1 aliphatic heterocycles. The first-order chi connectivity index (χ1) is 8.17. The van der Waals surface area contributed by atoms with E-state index in [1.165, 1.54) is 0 Å². The first kappa shape index (κ1) is 11.9. The summed E-state index contributed by atoms with van der Waals surface area (Å²) in [6.07, 6.45) is 2.15. The van der Waals surface area contributed by atoms with Crippen LogP contribution >= 0.6 is 0 Å². The van der Waals surface area contributed by atoms with Crippen LogP contribution in [0, 0.1) is 11.3 Å². The smallest absolute Gasteiger partial charge is 0.142 e. The lowest BCUT2D eigenvalue weighted by atomic mass is 9.95. The van der Waals surface area contributed by atoms with E-state index in [0.717, 1.165) is 31.7 Å². The van der Waals surface area contributed by atoms with Gasteiger partial charge in [-0.2, -0.15) is 5.26 Å². The van der Waals surface area contributed by atoms with Gasteiger partial charge in [0, 0.05) is 20.2 Å². The van der Waals surface area contributed by atoms with Crippen LogP contribution in [0.5, 0.6) is 0 Å². The number of hydrogen-bond donors (Lipinski definition) is 0. The predicted molar refractivity (Wildman–Crippen MR) is 65.8 cm³/mol. The van der Waals surface area contributed by atoms with Crippen molar-refractivity contribution in [1.82, 2.24) is 4.98 Å². The van der Waals surface area contributed by atoms with E-state index in [-0.39, 0.29) is 5.60 Å². The maximum Gasteiger partial charge on any atom is 0.142 e. The van der Waals surface area contributed by atoms with Gasteiger partial charge in [0.25, 0.3) is 0 Å². The minimum Gasteiger partial charge on any atom is -0.377 e. The third-order valence-corrected chi connectivity index (χ3v) is 3.32. The Balaban J connectivity index is 2.19. The zero-order chi connectivity index (χ0) is 12.3. The number of nitrogens with zero attached hydrogens (tertiary/aromatic N) is 3. The van der Waals surface area contributed by atoms with Gasteiger partial charge in [-0.15, -0.1) is 0 Å². The Hall–Kier alpha value is -1.60. The van der Waals surface area contributed by atoms with Crippen molar-refractivity contribution in [3.63, 3.8) is 0 Å². The number of piperidine rings is 1. The van der Waals surface area contributed by atoms with Crippen LogP contribution in [0.2, 0.25) is 0 Å². The molecular weight excluding hydrogens is 214 g/mol. The molecule has 1 aromatic rings. The lowest BCUT2D eigenvalue weighted by molar-refractivity contribution is -0.00481. The Morgan fingerprint density at radius 2 is 2.35 bits per heavy atom. The third kappa shape index (κ3) is 2.56. The highest BCUT2D eigenvalue weighted by atomic mass is 16.5. The Morgan fingerprint density at radius 3 is 3.06 bits per heavy atom. The summed E-state index contributed by atoms with van der Waals surface area (Å²) in [7, 11) is 1.75. The van der Waals surface area contributed by atoms with Crippen molar-refractivity contribution in [2.45, 2.75) is 25.4 Å². The zero-order valence-electron chi connectivity index (χ0n) is 10.3. The Morgan fingerprint density at radius 1 is 1.53 bits per heavy atom. The fourth-order valence-corrected chi connectivity index (χ4v) is 2.23. The van der Waals surface area contributed by atoms with Gasteiger partial charge in [0.1, 0.15) is 17.6 Å². The van der Waals surface area contributed by atoms with Crippen LogP contribution < -0.4 is 4.90 Å². The fourth-order valence-electron chi connectivity index (χ4n) is 2.23. The van der Waals surface area contributed by atoms with Crippen LogP contribution in [0.4, 0.5) is 5.82 Å². The number of aromatic nitrogens is 1. The summed E-state index contributed by atoms with van der Waals surface area (Å²) in [6, 6.07) is 7.62. The molecule has 1 unspecified atom stereocenters. The molecular formula is C13H17N3O. The van der Waals surface area contributed by atoms with Crippen molar-refractivity contribution in [1.29, 1.82) is 5.26 Å². The quantitative estimate of drug-likeness (QED) is 0.780. The summed E-state index contributed by atoms with van der Waals surface area (Å²) in [5.74, 6) is 0.868. The number of hydrogen-bond acceptors (Lipinski definition) is 4. The highest BCUT2D eigenvalue weighted by molar-refractivity contribution is 5.42. The summed E-state index contributed by atoms with van der Waals surface area (Å²) in [5.41, 5.74) is 0.356. The van der Waals surface area contributed by atoms with E-state index in [9.17, 15) is 0 Å². The molecule has 0 bridgehead atoms. The highest BCUT2D eigenvalue weighted by Gasteiger charge is 2.31. The van der Waals surface area contributed by atoms with E-state index in [2.05, 4.69) is 22.9 Å². The summed E-state index contributed by atoms with van der Waals surface area (Å²) in [5, 5.41) is 8.85. The summed E-state index contributed by atoms with van der Waals surface area (Å²) >= 11 is 0. The second kappa shape index (κ2) is 4.72. The third-order valence-electron chi connectivity index (χ3n) is 3.32. The Bertz CT molecular complexity index is 441. The molecule has 1 fully saturated rings. The maximum atomic E-state index is 8.85. The van der Waals surface area contributed by atoms with Gasteiger partial charge in [0.05, 0.1) is 5.60 Å². The Kier molecular flexibility index (Phi) is 3.30. The van der Waals surface area contributed by atoms with Crippen molar-refractivity contribution in [2.75, 3.05) is 25.1 Å². The normalized spacial score (nSPS) is 24.4. The Labute approximate surface area is 102 Å². The van der Waals surface area contributed by atoms with E-state index < -0.39 is 0 Å². The lowest BCUT2D eigenvalue weighted by Gasteiger charge is -2.40. The minimum absolute atomic E-state index is 0.109. The SMILES string of the molecule is COC1(C)CCCN(c2cccc(C#N)n2)C1. The second-order valence-electron chi connectivity index (χ2n) is 4.67. The molecule has 0 amide bonds. The standard InChI is InChI=1S/C13H17N3O/c1-13(17-2)7-4-8-16(10-13)12-6-3-5-11(9-14)15-12/h3,5-6H,4,7-8,10H2,1-2H3. The maximum absolute atomic E-state index is 8.85. The molecule has 1 aromatic heterocycles. The molecule has 17 heavy (non-hydrogen) atoms. The van der Waals surface area contributed by atoms with Gasteiger partial charge in [0.15, 0.2) is 0 Å². The number of pyridine rings is 1. The molecule has 0 aromatic carbocycles. The molecule has 1 saturated heterocycles. The minimum atomic E-state index is -0.109. The van der Waals surface area contributed by atoms with Crippen molar-refractivity contribution in [3.05, 3.63) is 23.9 Å². The monoisotopic (exact) mass is 231 g/mol. The van der Waals surface area contributed by atoms with Crippen LogP contribution in [-0.4, -0.2) is 30.8 Å². The van der Waals surface area contributed by atoms with Crippen molar-refractivity contribution in [2.24, 2.45) is 0 Å². The van der Waals surface area contributed by atoms with Gasteiger partial charge in [0.2, 0.25) is 0 Å². The van der Waals surface area contributed by atoms with Crippen molar-refractivity contribution in [3.8, 4) is 6.07 Å². The van der Waals surface area contributed by atoms with E-state index in [4.69, 9.17) is 10.00 Å². The molecule has 0 N–H and O–H groups in total. The highest BCUT2D eigenvalue weighted by Crippen LogP contribution is 2.26. The number of anilines is 1. The van der Waals surface area contributed by atoms with Crippen LogP contribution in [0.15, 0.2) is 18.2 Å². The van der Waals surface area contributed by atoms with E-state index in [0.29, 0.717) is 5.69 Å². The van der Waals surface area contributed by atoms with E-state index >= 15 is 0 Å². The molecule has 2 heterocycles. The zero-order valence-corrected chi connectivity index (χ0v) is 10.3. The van der Waals surface area contributed by atoms with E-state index in [1.807, 2.05) is 12.1 Å². The summed E-state index contributed by atoms with van der Waals surface area (Å²) < 4.78 is 5.55. The molecule has 90 valence electrons. The van der Waals surface area contributed by atoms with Crippen LogP contribution in [0.1, 0.15) is 25.5 Å². The average Bonchev–Trinajstić information content (AvgIpc) is 2.39. The molecule has 4 heteroatoms. The number of rotatable bonds is 2. The molecule has 2 rings (SSSR count). The first-order valence-electron chi connectivity index (χ1n) is 5.84. The van der Waals surface area contributed by atoms with Gasteiger partial charge in [-0.3, -0.25) is 0 Å². The van der Waals surface area contributed by atoms with Gasteiger partial charge >= 0.3 is 0 Å². The van der Waals surface area contributed by atoms with Crippen LogP contribution in [0.25, 0.3) is 0 Å². The molecule has 0 aliphatic carbocycles. The van der Waals surface area contributed by atoms with Gasteiger partial charge in [-0.25, -0.2) is 4.98 Å². The molecule has 1 aliphatic rings. The second-order valence-corrected chi connectivity index (χ2v) is 4.67. The molecule has 0 spiro atoms. The number of methoxy groups -OCH3 is 1. The van der Waals surface area contributed by atoms with E-state index in [1.54, 1.807) is 13.2 Å².